The lowest BCUT2D eigenvalue weighted by molar-refractivity contribution is -0.169. The molecule has 1 N–H and O–H groups in total. The molecule has 2 fully saturated rings. The topological polar surface area (TPSA) is 76.6 Å². The molecule has 2 aromatic rings. The molecule has 7 nitrogen and oxygen atoms in total. The molecule has 26 heavy (non-hydrogen) atoms. The summed E-state index contributed by atoms with van der Waals surface area (Å²) in [6.07, 6.45) is 4.73. The van der Waals surface area contributed by atoms with Gasteiger partial charge in [-0.2, -0.15) is 0 Å². The van der Waals surface area contributed by atoms with E-state index in [9.17, 15) is 4.79 Å². The summed E-state index contributed by atoms with van der Waals surface area (Å²) in [5, 5.41) is 2.87. The Kier molecular flexibility index (Phi) is 4.57. The molecule has 136 valence electrons. The number of amides is 1. The number of benzene rings is 1. The zero-order valence-corrected chi connectivity index (χ0v) is 14.8. The maximum atomic E-state index is 12.3. The Balaban J connectivity index is 1.38. The summed E-state index contributed by atoms with van der Waals surface area (Å²) < 4.78 is 11.5. The second-order valence-corrected chi connectivity index (χ2v) is 6.69. The van der Waals surface area contributed by atoms with Gasteiger partial charge in [0, 0.05) is 44.0 Å². The van der Waals surface area contributed by atoms with Crippen molar-refractivity contribution in [2.75, 3.05) is 36.5 Å². The number of hydrogen-bond donors (Lipinski definition) is 1. The monoisotopic (exact) mass is 354 g/mol. The molecule has 0 bridgehead atoms. The predicted octanol–water partition coefficient (Wildman–Crippen LogP) is 2.38. The van der Waals surface area contributed by atoms with Crippen LogP contribution in [0, 0.1) is 6.92 Å². The minimum absolute atomic E-state index is 0.215. The summed E-state index contributed by atoms with van der Waals surface area (Å²) in [6, 6.07) is 7.67. The minimum atomic E-state index is -0.413. The van der Waals surface area contributed by atoms with E-state index in [4.69, 9.17) is 9.47 Å². The zero-order chi connectivity index (χ0) is 18.0. The van der Waals surface area contributed by atoms with Crippen LogP contribution in [0.2, 0.25) is 0 Å². The Hall–Kier alpha value is -2.51. The standard InChI is InChI=1S/C19H22N4O3/c1-14-3-2-4-16(11-14)22-17(24)15-12-20-18(21-13-15)23-7-5-19(6-8-23)25-9-10-26-19/h2-4,11-13H,5-10H2,1H3,(H,22,24). The molecular weight excluding hydrogens is 332 g/mol. The molecule has 2 saturated heterocycles. The van der Waals surface area contributed by atoms with Crippen LogP contribution in [0.5, 0.6) is 0 Å². The average molecular weight is 354 g/mol. The fraction of sp³-hybridized carbons (Fsp3) is 0.421. The molecule has 1 aromatic carbocycles. The Labute approximate surface area is 152 Å². The van der Waals surface area contributed by atoms with Gasteiger partial charge in [-0.3, -0.25) is 4.79 Å². The maximum absolute atomic E-state index is 12.3. The molecule has 0 atom stereocenters. The fourth-order valence-electron chi connectivity index (χ4n) is 3.36. The van der Waals surface area contributed by atoms with Crippen molar-refractivity contribution in [2.24, 2.45) is 0 Å². The number of ether oxygens (including phenoxy) is 2. The lowest BCUT2D eigenvalue weighted by Crippen LogP contribution is -2.45. The normalized spacial score (nSPS) is 18.9. The Morgan fingerprint density at radius 3 is 2.50 bits per heavy atom. The van der Waals surface area contributed by atoms with Gasteiger partial charge in [0.15, 0.2) is 5.79 Å². The lowest BCUT2D eigenvalue weighted by Gasteiger charge is -2.37. The van der Waals surface area contributed by atoms with Gasteiger partial charge >= 0.3 is 0 Å². The number of aryl methyl sites for hydroxylation is 1. The van der Waals surface area contributed by atoms with Crippen LogP contribution in [0.15, 0.2) is 36.7 Å². The minimum Gasteiger partial charge on any atom is -0.347 e. The molecule has 0 radical (unpaired) electrons. The predicted molar refractivity (Wildman–Crippen MR) is 97.2 cm³/mol. The van der Waals surface area contributed by atoms with Crippen molar-refractivity contribution in [3.63, 3.8) is 0 Å². The van der Waals surface area contributed by atoms with E-state index in [1.165, 1.54) is 0 Å². The highest BCUT2D eigenvalue weighted by molar-refractivity contribution is 6.03. The summed E-state index contributed by atoms with van der Waals surface area (Å²) in [6.45, 7) is 4.87. The van der Waals surface area contributed by atoms with Gasteiger partial charge in [-0.1, -0.05) is 12.1 Å². The van der Waals surface area contributed by atoms with Crippen molar-refractivity contribution in [3.05, 3.63) is 47.8 Å². The number of rotatable bonds is 3. The third-order valence-corrected chi connectivity index (χ3v) is 4.80. The van der Waals surface area contributed by atoms with Crippen molar-refractivity contribution < 1.29 is 14.3 Å². The van der Waals surface area contributed by atoms with E-state index in [2.05, 4.69) is 20.2 Å². The smallest absolute Gasteiger partial charge is 0.258 e. The van der Waals surface area contributed by atoms with Crippen LogP contribution >= 0.6 is 0 Å². The van der Waals surface area contributed by atoms with Crippen molar-refractivity contribution in [3.8, 4) is 0 Å². The Bertz CT molecular complexity index is 778. The number of carbonyl (C=O) groups is 1. The average Bonchev–Trinajstić information content (AvgIpc) is 3.11. The van der Waals surface area contributed by atoms with Gasteiger partial charge in [0.2, 0.25) is 5.95 Å². The first-order valence-corrected chi connectivity index (χ1v) is 8.87. The molecule has 1 amide bonds. The fourth-order valence-corrected chi connectivity index (χ4v) is 3.36. The molecular formula is C19H22N4O3. The van der Waals surface area contributed by atoms with Crippen molar-refractivity contribution in [1.82, 2.24) is 9.97 Å². The van der Waals surface area contributed by atoms with Gasteiger partial charge in [-0.15, -0.1) is 0 Å². The third kappa shape index (κ3) is 3.54. The first-order valence-electron chi connectivity index (χ1n) is 8.87. The second-order valence-electron chi connectivity index (χ2n) is 6.69. The van der Waals surface area contributed by atoms with E-state index in [-0.39, 0.29) is 5.91 Å². The molecule has 2 aliphatic rings. The molecule has 4 rings (SSSR count). The Morgan fingerprint density at radius 2 is 1.85 bits per heavy atom. The van der Waals surface area contributed by atoms with E-state index in [1.54, 1.807) is 12.4 Å². The van der Waals surface area contributed by atoms with Gasteiger partial charge in [0.1, 0.15) is 0 Å². The van der Waals surface area contributed by atoms with Crippen molar-refractivity contribution in [2.45, 2.75) is 25.6 Å². The van der Waals surface area contributed by atoms with Crippen molar-refractivity contribution >= 4 is 17.5 Å². The molecule has 3 heterocycles. The highest BCUT2D eigenvalue weighted by Gasteiger charge is 2.40. The van der Waals surface area contributed by atoms with Gasteiger partial charge < -0.3 is 19.7 Å². The van der Waals surface area contributed by atoms with E-state index in [0.29, 0.717) is 24.7 Å². The van der Waals surface area contributed by atoms with Crippen LogP contribution in [0.25, 0.3) is 0 Å². The molecule has 0 unspecified atom stereocenters. The molecule has 7 heteroatoms. The summed E-state index contributed by atoms with van der Waals surface area (Å²) in [7, 11) is 0. The van der Waals surface area contributed by atoms with E-state index >= 15 is 0 Å². The van der Waals surface area contributed by atoms with Crippen LogP contribution in [0.3, 0.4) is 0 Å². The van der Waals surface area contributed by atoms with E-state index < -0.39 is 5.79 Å². The highest BCUT2D eigenvalue weighted by atomic mass is 16.7. The van der Waals surface area contributed by atoms with E-state index in [0.717, 1.165) is 37.2 Å². The van der Waals surface area contributed by atoms with Crippen LogP contribution in [-0.2, 0) is 9.47 Å². The van der Waals surface area contributed by atoms with Crippen molar-refractivity contribution in [1.29, 1.82) is 0 Å². The summed E-state index contributed by atoms with van der Waals surface area (Å²) in [5.74, 6) is 0.00175. The van der Waals surface area contributed by atoms with E-state index in [1.807, 2.05) is 31.2 Å². The quantitative estimate of drug-likeness (QED) is 0.912. The second kappa shape index (κ2) is 7.01. The highest BCUT2D eigenvalue weighted by Crippen LogP contribution is 2.32. The van der Waals surface area contributed by atoms with Crippen LogP contribution in [0.4, 0.5) is 11.6 Å². The zero-order valence-electron chi connectivity index (χ0n) is 14.8. The number of carbonyl (C=O) groups excluding carboxylic acids is 1. The first kappa shape index (κ1) is 16.9. The van der Waals surface area contributed by atoms with Gasteiger partial charge in [-0.25, -0.2) is 9.97 Å². The maximum Gasteiger partial charge on any atom is 0.258 e. The van der Waals surface area contributed by atoms with Gasteiger partial charge in [0.05, 0.1) is 18.8 Å². The molecule has 1 aromatic heterocycles. The van der Waals surface area contributed by atoms with Gasteiger partial charge in [-0.05, 0) is 24.6 Å². The lowest BCUT2D eigenvalue weighted by atomic mass is 10.0. The number of hydrogen-bond acceptors (Lipinski definition) is 6. The van der Waals surface area contributed by atoms with Crippen LogP contribution in [-0.4, -0.2) is 48.0 Å². The molecule has 2 aliphatic heterocycles. The number of aromatic nitrogens is 2. The summed E-state index contributed by atoms with van der Waals surface area (Å²) >= 11 is 0. The molecule has 0 saturated carbocycles. The molecule has 0 aliphatic carbocycles. The van der Waals surface area contributed by atoms with Crippen LogP contribution < -0.4 is 10.2 Å². The first-order chi connectivity index (χ1) is 12.6. The SMILES string of the molecule is Cc1cccc(NC(=O)c2cnc(N3CCC4(CC3)OCCO4)nc2)c1. The number of piperidine rings is 1. The van der Waals surface area contributed by atoms with Crippen LogP contribution in [0.1, 0.15) is 28.8 Å². The third-order valence-electron chi connectivity index (χ3n) is 4.80. The molecule has 1 spiro atoms. The Morgan fingerprint density at radius 1 is 1.15 bits per heavy atom. The number of anilines is 2. The largest absolute Gasteiger partial charge is 0.347 e. The summed E-state index contributed by atoms with van der Waals surface area (Å²) in [4.78, 5) is 23.2. The summed E-state index contributed by atoms with van der Waals surface area (Å²) in [5.41, 5.74) is 2.29. The number of nitrogens with zero attached hydrogens (tertiary/aromatic N) is 3. The van der Waals surface area contributed by atoms with Gasteiger partial charge in [0.25, 0.3) is 5.91 Å². The number of nitrogens with one attached hydrogen (secondary N) is 1.